The van der Waals surface area contributed by atoms with Crippen molar-refractivity contribution >= 4 is 29.2 Å². The van der Waals surface area contributed by atoms with Crippen LogP contribution < -0.4 is 5.73 Å². The molecule has 0 unspecified atom stereocenters. The Hall–Kier alpha value is -0.840. The van der Waals surface area contributed by atoms with Crippen LogP contribution in [0, 0.1) is 0 Å². The zero-order valence-corrected chi connectivity index (χ0v) is 9.55. The van der Waals surface area contributed by atoms with E-state index in [0.29, 0.717) is 5.56 Å². The highest BCUT2D eigenvalue weighted by Crippen LogP contribution is 2.15. The first-order valence-electron chi connectivity index (χ1n) is 4.23. The van der Waals surface area contributed by atoms with Crippen molar-refractivity contribution in [3.63, 3.8) is 0 Å². The molecule has 0 saturated carbocycles. The molecule has 0 spiro atoms. The Morgan fingerprint density at radius 2 is 2.07 bits per heavy atom. The van der Waals surface area contributed by atoms with Gasteiger partial charge >= 0.3 is 5.97 Å². The first-order chi connectivity index (χ1) is 6.99. The number of ether oxygens (including phenoxy) is 1. The van der Waals surface area contributed by atoms with Gasteiger partial charge in [-0.1, -0.05) is 23.2 Å². The molecule has 1 heterocycles. The van der Waals surface area contributed by atoms with Crippen molar-refractivity contribution in [2.75, 3.05) is 0 Å². The molecule has 6 heteroatoms. The predicted molar refractivity (Wildman–Crippen MR) is 57.7 cm³/mol. The van der Waals surface area contributed by atoms with Gasteiger partial charge in [0.2, 0.25) is 0 Å². The summed E-state index contributed by atoms with van der Waals surface area (Å²) in [6.07, 6.45) is 0. The Labute approximate surface area is 97.3 Å². The molecule has 0 aliphatic heterocycles. The molecule has 1 atom stereocenters. The summed E-state index contributed by atoms with van der Waals surface area (Å²) in [6, 6.07) is 2.50. The number of esters is 1. The molecule has 0 aliphatic rings. The minimum absolute atomic E-state index is 0.0856. The maximum Gasteiger partial charge on any atom is 0.322 e. The fourth-order valence-corrected chi connectivity index (χ4v) is 1.39. The highest BCUT2D eigenvalue weighted by atomic mass is 35.5. The second kappa shape index (κ2) is 5.30. The van der Waals surface area contributed by atoms with Crippen LogP contribution >= 0.6 is 23.2 Å². The quantitative estimate of drug-likeness (QED) is 0.655. The van der Waals surface area contributed by atoms with Gasteiger partial charge in [-0.25, -0.2) is 4.98 Å². The van der Waals surface area contributed by atoms with Crippen LogP contribution in [-0.4, -0.2) is 17.0 Å². The van der Waals surface area contributed by atoms with Crippen LogP contribution in [0.15, 0.2) is 12.1 Å². The van der Waals surface area contributed by atoms with Gasteiger partial charge in [0.1, 0.15) is 23.0 Å². The molecule has 1 rings (SSSR count). The molecule has 0 radical (unpaired) electrons. The number of carbonyl (C=O) groups is 1. The Bertz CT molecular complexity index is 349. The largest absolute Gasteiger partial charge is 0.460 e. The molecule has 0 saturated heterocycles. The Morgan fingerprint density at radius 3 is 2.53 bits per heavy atom. The molecule has 0 bridgehead atoms. The van der Waals surface area contributed by atoms with Crippen molar-refractivity contribution in [2.45, 2.75) is 19.6 Å². The maximum absolute atomic E-state index is 11.1. The molecule has 1 aromatic rings. The minimum Gasteiger partial charge on any atom is -0.460 e. The molecule has 0 amide bonds. The van der Waals surface area contributed by atoms with Crippen LogP contribution in [0.25, 0.3) is 0 Å². The number of hydrogen-bond donors (Lipinski definition) is 1. The Balaban J connectivity index is 2.61. The van der Waals surface area contributed by atoms with Crippen LogP contribution in [0.1, 0.15) is 12.5 Å². The number of rotatable bonds is 3. The fraction of sp³-hybridized carbons (Fsp3) is 0.333. The molecular formula is C9H10Cl2N2O2. The lowest BCUT2D eigenvalue weighted by Gasteiger charge is -2.07. The summed E-state index contributed by atoms with van der Waals surface area (Å²) in [6.45, 7) is 1.64. The predicted octanol–water partition coefficient (Wildman–Crippen LogP) is 1.78. The van der Waals surface area contributed by atoms with E-state index in [0.717, 1.165) is 0 Å². The minimum atomic E-state index is -0.641. The summed E-state index contributed by atoms with van der Waals surface area (Å²) in [5, 5.41) is 0.517. The van der Waals surface area contributed by atoms with E-state index >= 15 is 0 Å². The standard InChI is InChI=1S/C9H10Cl2N2O2/c1-5(12)9(14)15-4-6-2-7(10)13-8(11)3-6/h2-3,5H,4,12H2,1H3/t5-/m0/s1. The van der Waals surface area contributed by atoms with Crippen LogP contribution in [-0.2, 0) is 16.1 Å². The second-order valence-corrected chi connectivity index (χ2v) is 3.79. The number of aromatic nitrogens is 1. The SMILES string of the molecule is C[C@H](N)C(=O)OCc1cc(Cl)nc(Cl)c1. The van der Waals surface area contributed by atoms with Gasteiger partial charge in [0.05, 0.1) is 0 Å². The van der Waals surface area contributed by atoms with Crippen molar-refractivity contribution in [3.05, 3.63) is 28.0 Å². The van der Waals surface area contributed by atoms with Crippen molar-refractivity contribution in [3.8, 4) is 0 Å². The van der Waals surface area contributed by atoms with Crippen molar-refractivity contribution < 1.29 is 9.53 Å². The number of pyridine rings is 1. The van der Waals surface area contributed by atoms with Gasteiger partial charge in [0.25, 0.3) is 0 Å². The van der Waals surface area contributed by atoms with E-state index in [2.05, 4.69) is 4.98 Å². The van der Waals surface area contributed by atoms with Gasteiger partial charge < -0.3 is 10.5 Å². The molecule has 2 N–H and O–H groups in total. The van der Waals surface area contributed by atoms with Gasteiger partial charge in [-0.2, -0.15) is 0 Å². The Kier molecular flexibility index (Phi) is 4.32. The monoisotopic (exact) mass is 248 g/mol. The number of nitrogens with zero attached hydrogens (tertiary/aromatic N) is 1. The van der Waals surface area contributed by atoms with E-state index in [-0.39, 0.29) is 16.9 Å². The second-order valence-electron chi connectivity index (χ2n) is 3.02. The maximum atomic E-state index is 11.1. The average molecular weight is 249 g/mol. The topological polar surface area (TPSA) is 65.2 Å². The van der Waals surface area contributed by atoms with Gasteiger partial charge in [-0.15, -0.1) is 0 Å². The van der Waals surface area contributed by atoms with E-state index in [9.17, 15) is 4.79 Å². The lowest BCUT2D eigenvalue weighted by atomic mass is 10.3. The number of hydrogen-bond acceptors (Lipinski definition) is 4. The van der Waals surface area contributed by atoms with Crippen molar-refractivity contribution in [1.29, 1.82) is 0 Å². The van der Waals surface area contributed by atoms with Gasteiger partial charge in [-0.3, -0.25) is 4.79 Å². The summed E-state index contributed by atoms with van der Waals surface area (Å²) in [5.41, 5.74) is 6.00. The summed E-state index contributed by atoms with van der Waals surface area (Å²) in [5.74, 6) is -0.473. The molecule has 82 valence electrons. The van der Waals surface area contributed by atoms with Gasteiger partial charge in [0, 0.05) is 0 Å². The smallest absolute Gasteiger partial charge is 0.322 e. The summed E-state index contributed by atoms with van der Waals surface area (Å²) in [7, 11) is 0. The first kappa shape index (κ1) is 12.2. The average Bonchev–Trinajstić information content (AvgIpc) is 2.12. The van der Waals surface area contributed by atoms with Crippen molar-refractivity contribution in [2.24, 2.45) is 5.73 Å². The molecule has 1 aromatic heterocycles. The number of nitrogens with two attached hydrogens (primary N) is 1. The third kappa shape index (κ3) is 4.03. The van der Waals surface area contributed by atoms with Gasteiger partial charge in [-0.05, 0) is 24.6 Å². The lowest BCUT2D eigenvalue weighted by Crippen LogP contribution is -2.28. The zero-order valence-electron chi connectivity index (χ0n) is 8.04. The molecule has 0 aliphatic carbocycles. The molecular weight excluding hydrogens is 239 g/mol. The highest BCUT2D eigenvalue weighted by Gasteiger charge is 2.09. The van der Waals surface area contributed by atoms with Crippen LogP contribution in [0.4, 0.5) is 0 Å². The number of halogens is 2. The van der Waals surface area contributed by atoms with E-state index in [4.69, 9.17) is 33.7 Å². The van der Waals surface area contributed by atoms with Crippen LogP contribution in [0.2, 0.25) is 10.3 Å². The first-order valence-corrected chi connectivity index (χ1v) is 4.99. The van der Waals surface area contributed by atoms with E-state index < -0.39 is 12.0 Å². The zero-order chi connectivity index (χ0) is 11.4. The van der Waals surface area contributed by atoms with Crippen LogP contribution in [0.3, 0.4) is 0 Å². The lowest BCUT2D eigenvalue weighted by molar-refractivity contribution is -0.146. The molecule has 0 aromatic carbocycles. The highest BCUT2D eigenvalue weighted by molar-refractivity contribution is 6.32. The molecule has 4 nitrogen and oxygen atoms in total. The third-order valence-electron chi connectivity index (χ3n) is 1.58. The van der Waals surface area contributed by atoms with E-state index in [1.807, 2.05) is 0 Å². The summed E-state index contributed by atoms with van der Waals surface area (Å²) < 4.78 is 4.89. The van der Waals surface area contributed by atoms with E-state index in [1.54, 1.807) is 19.1 Å². The van der Waals surface area contributed by atoms with Crippen molar-refractivity contribution in [1.82, 2.24) is 4.98 Å². The molecule has 0 fully saturated rings. The molecule has 15 heavy (non-hydrogen) atoms. The van der Waals surface area contributed by atoms with Crippen LogP contribution in [0.5, 0.6) is 0 Å². The van der Waals surface area contributed by atoms with E-state index in [1.165, 1.54) is 0 Å². The Morgan fingerprint density at radius 1 is 1.53 bits per heavy atom. The number of carbonyl (C=O) groups excluding carboxylic acids is 1. The normalized spacial score (nSPS) is 12.3. The summed E-state index contributed by atoms with van der Waals surface area (Å²) in [4.78, 5) is 14.8. The third-order valence-corrected chi connectivity index (χ3v) is 1.96. The fourth-order valence-electron chi connectivity index (χ4n) is 0.883. The summed E-state index contributed by atoms with van der Waals surface area (Å²) >= 11 is 11.3. The van der Waals surface area contributed by atoms with Gasteiger partial charge in [0.15, 0.2) is 0 Å².